The van der Waals surface area contributed by atoms with Crippen LogP contribution in [0.15, 0.2) is 42.9 Å². The van der Waals surface area contributed by atoms with E-state index in [9.17, 15) is 18.7 Å². The molecular weight excluding hydrogens is 482 g/mol. The molecule has 1 aliphatic rings. The summed E-state index contributed by atoms with van der Waals surface area (Å²) in [5.41, 5.74) is 2.45. The first kappa shape index (κ1) is 24.3. The van der Waals surface area contributed by atoms with Crippen molar-refractivity contribution in [2.45, 2.75) is 39.2 Å². The number of nitrogens with zero attached hydrogens (tertiary/aromatic N) is 5. The molecule has 4 aromatic rings. The van der Waals surface area contributed by atoms with Gasteiger partial charge in [-0.05, 0) is 38.8 Å². The van der Waals surface area contributed by atoms with Gasteiger partial charge >= 0.3 is 5.97 Å². The van der Waals surface area contributed by atoms with Gasteiger partial charge in [-0.15, -0.1) is 0 Å². The summed E-state index contributed by atoms with van der Waals surface area (Å²) in [6, 6.07) is 5.50. The van der Waals surface area contributed by atoms with Gasteiger partial charge in [0.15, 0.2) is 5.82 Å². The Hall–Kier alpha value is -4.41. The van der Waals surface area contributed by atoms with Crippen molar-refractivity contribution in [3.05, 3.63) is 76.9 Å². The number of halogens is 2. The topological polar surface area (TPSA) is 115 Å². The molecule has 0 saturated heterocycles. The normalized spacial score (nSPS) is 13.0. The number of carboxylic acid groups (broad SMARTS) is 1. The van der Waals surface area contributed by atoms with Gasteiger partial charge in [-0.2, -0.15) is 5.10 Å². The largest absolute Gasteiger partial charge is 0.494 e. The van der Waals surface area contributed by atoms with E-state index >= 15 is 0 Å². The highest BCUT2D eigenvalue weighted by Crippen LogP contribution is 2.43. The van der Waals surface area contributed by atoms with Crippen molar-refractivity contribution in [3.63, 3.8) is 0 Å². The average molecular weight is 507 g/mol. The van der Waals surface area contributed by atoms with Crippen LogP contribution in [0, 0.1) is 18.6 Å². The number of carbonyl (C=O) groups is 1. The Bertz CT molecular complexity index is 1460. The van der Waals surface area contributed by atoms with E-state index in [1.54, 1.807) is 17.7 Å². The maximum atomic E-state index is 14.8. The fourth-order valence-corrected chi connectivity index (χ4v) is 4.26. The van der Waals surface area contributed by atoms with E-state index in [0.29, 0.717) is 29.6 Å². The highest BCUT2D eigenvalue weighted by molar-refractivity contribution is 5.94. The van der Waals surface area contributed by atoms with Gasteiger partial charge in [0.25, 0.3) is 0 Å². The fraction of sp³-hybridized carbons (Fsp3) is 0.269. The number of ether oxygens (including phenoxy) is 1. The van der Waals surface area contributed by atoms with Crippen molar-refractivity contribution in [3.8, 4) is 17.3 Å². The van der Waals surface area contributed by atoms with Gasteiger partial charge < -0.3 is 15.2 Å². The summed E-state index contributed by atoms with van der Waals surface area (Å²) < 4.78 is 36.5. The monoisotopic (exact) mass is 506 g/mol. The van der Waals surface area contributed by atoms with Crippen molar-refractivity contribution in [2.24, 2.45) is 0 Å². The zero-order chi connectivity index (χ0) is 26.1. The molecule has 9 nitrogen and oxygen atoms in total. The van der Waals surface area contributed by atoms with E-state index in [4.69, 9.17) is 4.74 Å². The molecule has 190 valence electrons. The van der Waals surface area contributed by atoms with Crippen LogP contribution in [0.3, 0.4) is 0 Å². The number of anilines is 2. The zero-order valence-corrected chi connectivity index (χ0v) is 20.2. The SMILES string of the molecule is CCOc1cc(F)c(Cn2nc(-c3nccc(Nc4ccncc4C(=O)O)n3)c(C)c2C2CC2)c(F)c1. The van der Waals surface area contributed by atoms with Crippen molar-refractivity contribution in [1.82, 2.24) is 24.7 Å². The second-order valence-electron chi connectivity index (χ2n) is 8.71. The molecule has 0 amide bonds. The highest BCUT2D eigenvalue weighted by Gasteiger charge is 2.32. The van der Waals surface area contributed by atoms with Gasteiger partial charge in [-0.25, -0.2) is 23.5 Å². The predicted octanol–water partition coefficient (Wildman–Crippen LogP) is 5.09. The average Bonchev–Trinajstić information content (AvgIpc) is 3.65. The van der Waals surface area contributed by atoms with E-state index < -0.39 is 17.6 Å². The van der Waals surface area contributed by atoms with E-state index in [1.165, 1.54) is 36.8 Å². The Morgan fingerprint density at radius 3 is 2.65 bits per heavy atom. The van der Waals surface area contributed by atoms with Crippen LogP contribution in [-0.2, 0) is 6.54 Å². The van der Waals surface area contributed by atoms with Crippen LogP contribution in [0.4, 0.5) is 20.3 Å². The molecule has 11 heteroatoms. The smallest absolute Gasteiger partial charge is 0.339 e. The molecule has 0 atom stereocenters. The molecule has 5 rings (SSSR count). The van der Waals surface area contributed by atoms with Gasteiger partial charge in [0.05, 0.1) is 18.8 Å². The summed E-state index contributed by atoms with van der Waals surface area (Å²) in [5.74, 6) is -1.47. The number of aromatic carboxylic acids is 1. The van der Waals surface area contributed by atoms with E-state index in [1.807, 2.05) is 6.92 Å². The molecule has 1 aliphatic carbocycles. The lowest BCUT2D eigenvalue weighted by Gasteiger charge is -2.11. The quantitative estimate of drug-likeness (QED) is 0.323. The Morgan fingerprint density at radius 1 is 1.22 bits per heavy atom. The lowest BCUT2D eigenvalue weighted by atomic mass is 10.1. The van der Waals surface area contributed by atoms with Crippen LogP contribution < -0.4 is 10.1 Å². The molecule has 2 N–H and O–H groups in total. The molecule has 3 heterocycles. The molecule has 37 heavy (non-hydrogen) atoms. The number of rotatable bonds is 9. The standard InChI is InChI=1S/C26H24F2N6O3/c1-3-37-16-10-19(27)18(20(28)11-16)13-34-24(15-4-5-15)14(2)23(33-34)25-30-9-7-22(32-25)31-21-6-8-29-12-17(21)26(35)36/h6-12,15H,3-5,13H2,1-2H3,(H,35,36)(H,29,30,31,32). The fourth-order valence-electron chi connectivity index (χ4n) is 4.26. The van der Waals surface area contributed by atoms with E-state index in [-0.39, 0.29) is 29.3 Å². The second-order valence-corrected chi connectivity index (χ2v) is 8.71. The maximum Gasteiger partial charge on any atom is 0.339 e. The van der Waals surface area contributed by atoms with Crippen molar-refractivity contribution >= 4 is 17.5 Å². The number of hydrogen-bond donors (Lipinski definition) is 2. The molecule has 3 aromatic heterocycles. The van der Waals surface area contributed by atoms with Gasteiger partial charge in [0.1, 0.15) is 34.5 Å². The number of hydrogen-bond acceptors (Lipinski definition) is 7. The van der Waals surface area contributed by atoms with E-state index in [2.05, 4.69) is 25.4 Å². The minimum absolute atomic E-state index is 0.00134. The van der Waals surface area contributed by atoms with Crippen molar-refractivity contribution in [2.75, 3.05) is 11.9 Å². The lowest BCUT2D eigenvalue weighted by Crippen LogP contribution is -2.10. The van der Waals surface area contributed by atoms with Crippen molar-refractivity contribution < 1.29 is 23.4 Å². The number of aromatic nitrogens is 5. The van der Waals surface area contributed by atoms with E-state index in [0.717, 1.165) is 24.1 Å². The summed E-state index contributed by atoms with van der Waals surface area (Å²) >= 11 is 0. The number of benzene rings is 1. The summed E-state index contributed by atoms with van der Waals surface area (Å²) in [5, 5.41) is 17.1. The summed E-state index contributed by atoms with van der Waals surface area (Å²) in [4.78, 5) is 24.3. The minimum Gasteiger partial charge on any atom is -0.494 e. The summed E-state index contributed by atoms with van der Waals surface area (Å²) in [6.45, 7) is 3.85. The molecule has 0 aliphatic heterocycles. The van der Waals surface area contributed by atoms with Crippen LogP contribution in [0.5, 0.6) is 5.75 Å². The van der Waals surface area contributed by atoms with Gasteiger partial charge in [0.2, 0.25) is 0 Å². The Morgan fingerprint density at radius 2 is 1.97 bits per heavy atom. The van der Waals surface area contributed by atoms with Gasteiger partial charge in [0, 0.05) is 53.5 Å². The Labute approximate surface area is 211 Å². The molecule has 0 spiro atoms. The Kier molecular flexibility index (Phi) is 6.51. The number of pyridine rings is 1. The highest BCUT2D eigenvalue weighted by atomic mass is 19.1. The van der Waals surface area contributed by atoms with Crippen LogP contribution in [-0.4, -0.2) is 42.4 Å². The molecule has 1 saturated carbocycles. The number of nitrogens with one attached hydrogen (secondary N) is 1. The molecular formula is C26H24F2N6O3. The third-order valence-electron chi connectivity index (χ3n) is 6.12. The maximum absolute atomic E-state index is 14.8. The summed E-state index contributed by atoms with van der Waals surface area (Å²) in [7, 11) is 0. The second kappa shape index (κ2) is 9.92. The first-order valence-corrected chi connectivity index (χ1v) is 11.8. The Balaban J connectivity index is 1.49. The molecule has 0 radical (unpaired) electrons. The summed E-state index contributed by atoms with van der Waals surface area (Å²) in [6.07, 6.45) is 6.18. The number of carboxylic acids is 1. The van der Waals surface area contributed by atoms with Gasteiger partial charge in [-0.3, -0.25) is 9.67 Å². The third kappa shape index (κ3) is 4.97. The lowest BCUT2D eigenvalue weighted by molar-refractivity contribution is 0.0697. The molecule has 1 fully saturated rings. The van der Waals surface area contributed by atoms with Crippen molar-refractivity contribution in [1.29, 1.82) is 0 Å². The predicted molar refractivity (Wildman–Crippen MR) is 131 cm³/mol. The van der Waals surface area contributed by atoms with Crippen LogP contribution in [0.2, 0.25) is 0 Å². The first-order valence-electron chi connectivity index (χ1n) is 11.8. The van der Waals surface area contributed by atoms with Crippen LogP contribution >= 0.6 is 0 Å². The zero-order valence-electron chi connectivity index (χ0n) is 20.2. The molecule has 0 bridgehead atoms. The minimum atomic E-state index is -1.12. The van der Waals surface area contributed by atoms with Crippen LogP contribution in [0.1, 0.15) is 52.9 Å². The van der Waals surface area contributed by atoms with Crippen LogP contribution in [0.25, 0.3) is 11.5 Å². The molecule has 0 unspecified atom stereocenters. The molecule has 1 aromatic carbocycles. The first-order chi connectivity index (χ1) is 17.9. The third-order valence-corrected chi connectivity index (χ3v) is 6.12. The van der Waals surface area contributed by atoms with Gasteiger partial charge in [-0.1, -0.05) is 0 Å².